The first kappa shape index (κ1) is 14.1. The average Bonchev–Trinajstić information content (AvgIpc) is 2.88. The van der Waals surface area contributed by atoms with Crippen LogP contribution in [0.15, 0.2) is 24.5 Å². The van der Waals surface area contributed by atoms with Gasteiger partial charge in [-0.15, -0.1) is 0 Å². The molecule has 3 heterocycles. The molecule has 6 nitrogen and oxygen atoms in total. The van der Waals surface area contributed by atoms with Crippen LogP contribution in [0.25, 0.3) is 5.65 Å². The highest BCUT2D eigenvalue weighted by atomic mass is 32.2. The number of sulfone groups is 1. The fourth-order valence-corrected chi connectivity index (χ4v) is 4.43. The van der Waals surface area contributed by atoms with Crippen molar-refractivity contribution in [3.05, 3.63) is 35.8 Å². The molecule has 0 saturated carbocycles. The largest absolute Gasteiger partial charge is 0.465 e. The van der Waals surface area contributed by atoms with E-state index in [9.17, 15) is 13.2 Å². The summed E-state index contributed by atoms with van der Waals surface area (Å²) in [5, 5.41) is 0. The Balaban J connectivity index is 1.95. The van der Waals surface area contributed by atoms with E-state index in [1.54, 1.807) is 28.9 Å². The Morgan fingerprint density at radius 1 is 1.38 bits per heavy atom. The van der Waals surface area contributed by atoms with Gasteiger partial charge in [0.15, 0.2) is 9.84 Å². The highest BCUT2D eigenvalue weighted by Gasteiger charge is 2.27. The SMILES string of the molecule is COC(=O)c1ccc2nc(C3CCCS(=O)(=O)C3)cn2c1. The molecule has 112 valence electrons. The molecular formula is C14H16N2O4S. The molecule has 0 amide bonds. The summed E-state index contributed by atoms with van der Waals surface area (Å²) in [6.45, 7) is 0. The van der Waals surface area contributed by atoms with Crippen molar-refractivity contribution in [3.63, 3.8) is 0 Å². The summed E-state index contributed by atoms with van der Waals surface area (Å²) < 4.78 is 29.9. The number of fused-ring (bicyclic) bond motifs is 1. The van der Waals surface area contributed by atoms with Crippen LogP contribution in [-0.2, 0) is 14.6 Å². The van der Waals surface area contributed by atoms with Gasteiger partial charge >= 0.3 is 5.97 Å². The molecule has 21 heavy (non-hydrogen) atoms. The number of imidazole rings is 1. The summed E-state index contributed by atoms with van der Waals surface area (Å²) in [6, 6.07) is 3.38. The molecule has 7 heteroatoms. The van der Waals surface area contributed by atoms with Crippen molar-refractivity contribution in [3.8, 4) is 0 Å². The minimum absolute atomic E-state index is 0.0646. The molecule has 0 aromatic carbocycles. The summed E-state index contributed by atoms with van der Waals surface area (Å²) in [5.41, 5.74) is 1.89. The fraction of sp³-hybridized carbons (Fsp3) is 0.429. The lowest BCUT2D eigenvalue weighted by atomic mass is 10.0. The third-order valence-corrected chi connectivity index (χ3v) is 5.59. The number of nitrogens with zero attached hydrogens (tertiary/aromatic N) is 2. The van der Waals surface area contributed by atoms with E-state index >= 15 is 0 Å². The van der Waals surface area contributed by atoms with Crippen molar-refractivity contribution >= 4 is 21.5 Å². The van der Waals surface area contributed by atoms with E-state index in [2.05, 4.69) is 9.72 Å². The Morgan fingerprint density at radius 3 is 2.90 bits per heavy atom. The van der Waals surface area contributed by atoms with E-state index in [0.29, 0.717) is 17.6 Å². The van der Waals surface area contributed by atoms with Crippen LogP contribution < -0.4 is 0 Å². The molecule has 2 aromatic heterocycles. The number of pyridine rings is 1. The van der Waals surface area contributed by atoms with Crippen LogP contribution in [0.5, 0.6) is 0 Å². The van der Waals surface area contributed by atoms with Gasteiger partial charge in [-0.2, -0.15) is 0 Å². The summed E-state index contributed by atoms with van der Waals surface area (Å²) in [4.78, 5) is 16.0. The predicted octanol–water partition coefficient (Wildman–Crippen LogP) is 1.41. The van der Waals surface area contributed by atoms with Crippen molar-refractivity contribution in [2.24, 2.45) is 0 Å². The standard InChI is InChI=1S/C14H16N2O4S/c1-20-14(17)10-4-5-13-15-12(8-16(13)7-10)11-3-2-6-21(18,19)9-11/h4-5,7-8,11H,2-3,6,9H2,1H3. The van der Waals surface area contributed by atoms with Gasteiger partial charge in [0.25, 0.3) is 0 Å². The quantitative estimate of drug-likeness (QED) is 0.784. The zero-order valence-corrected chi connectivity index (χ0v) is 12.5. The average molecular weight is 308 g/mol. The van der Waals surface area contributed by atoms with Crippen LogP contribution in [0.4, 0.5) is 0 Å². The summed E-state index contributed by atoms with van der Waals surface area (Å²) in [7, 11) is -1.63. The molecule has 0 bridgehead atoms. The first-order valence-corrected chi connectivity index (χ1v) is 8.58. The predicted molar refractivity (Wildman–Crippen MR) is 77.2 cm³/mol. The number of methoxy groups -OCH3 is 1. The maximum absolute atomic E-state index is 11.7. The number of esters is 1. The maximum Gasteiger partial charge on any atom is 0.339 e. The van der Waals surface area contributed by atoms with E-state index < -0.39 is 15.8 Å². The number of ether oxygens (including phenoxy) is 1. The monoisotopic (exact) mass is 308 g/mol. The van der Waals surface area contributed by atoms with Gasteiger partial charge in [0, 0.05) is 18.3 Å². The Bertz CT molecular complexity index is 794. The molecule has 0 radical (unpaired) electrons. The molecule has 1 atom stereocenters. The lowest BCUT2D eigenvalue weighted by Crippen LogP contribution is -2.23. The van der Waals surface area contributed by atoms with E-state index in [0.717, 1.165) is 12.1 Å². The molecule has 2 aromatic rings. The van der Waals surface area contributed by atoms with Crippen molar-refractivity contribution < 1.29 is 17.9 Å². The van der Waals surface area contributed by atoms with Crippen LogP contribution in [0.2, 0.25) is 0 Å². The highest BCUT2D eigenvalue weighted by molar-refractivity contribution is 7.91. The van der Waals surface area contributed by atoms with Gasteiger partial charge in [-0.25, -0.2) is 18.2 Å². The van der Waals surface area contributed by atoms with Crippen molar-refractivity contribution in [1.29, 1.82) is 0 Å². The van der Waals surface area contributed by atoms with E-state index in [4.69, 9.17) is 0 Å². The second kappa shape index (κ2) is 5.14. The molecule has 0 aliphatic carbocycles. The molecule has 1 saturated heterocycles. The zero-order chi connectivity index (χ0) is 15.0. The molecule has 0 spiro atoms. The maximum atomic E-state index is 11.7. The topological polar surface area (TPSA) is 77.7 Å². The van der Waals surface area contributed by atoms with Crippen molar-refractivity contribution in [1.82, 2.24) is 9.38 Å². The van der Waals surface area contributed by atoms with E-state index in [1.807, 2.05) is 0 Å². The molecule has 1 unspecified atom stereocenters. The van der Waals surface area contributed by atoms with Crippen LogP contribution in [0, 0.1) is 0 Å². The summed E-state index contributed by atoms with van der Waals surface area (Å²) in [6.07, 6.45) is 4.95. The highest BCUT2D eigenvalue weighted by Crippen LogP contribution is 2.27. The molecule has 1 aliphatic heterocycles. The second-order valence-corrected chi connectivity index (χ2v) is 7.52. The number of rotatable bonds is 2. The molecule has 1 fully saturated rings. The normalized spacial score (nSPS) is 21.3. The Kier molecular flexibility index (Phi) is 3.44. The smallest absolute Gasteiger partial charge is 0.339 e. The van der Waals surface area contributed by atoms with Crippen LogP contribution in [0.3, 0.4) is 0 Å². The first-order chi connectivity index (χ1) is 9.98. The lowest BCUT2D eigenvalue weighted by Gasteiger charge is -2.19. The van der Waals surface area contributed by atoms with Gasteiger partial charge in [-0.1, -0.05) is 0 Å². The number of carbonyl (C=O) groups is 1. The van der Waals surface area contributed by atoms with Crippen molar-refractivity contribution in [2.75, 3.05) is 18.6 Å². The van der Waals surface area contributed by atoms with E-state index in [1.165, 1.54) is 7.11 Å². The van der Waals surface area contributed by atoms with Crippen molar-refractivity contribution in [2.45, 2.75) is 18.8 Å². The Hall–Kier alpha value is -1.89. The Morgan fingerprint density at radius 2 is 2.19 bits per heavy atom. The molecular weight excluding hydrogens is 292 g/mol. The lowest BCUT2D eigenvalue weighted by molar-refractivity contribution is 0.0600. The number of hydrogen-bond donors (Lipinski definition) is 0. The first-order valence-electron chi connectivity index (χ1n) is 6.76. The second-order valence-electron chi connectivity index (χ2n) is 5.29. The Labute approximate surface area is 122 Å². The van der Waals surface area contributed by atoms with Gasteiger partial charge in [0.05, 0.1) is 29.9 Å². The van der Waals surface area contributed by atoms with Crippen LogP contribution in [-0.4, -0.2) is 42.4 Å². The van der Waals surface area contributed by atoms with Crippen LogP contribution >= 0.6 is 0 Å². The van der Waals surface area contributed by atoms with Gasteiger partial charge < -0.3 is 9.14 Å². The third-order valence-electron chi connectivity index (χ3n) is 3.77. The fourth-order valence-electron chi connectivity index (χ4n) is 2.70. The zero-order valence-electron chi connectivity index (χ0n) is 11.7. The molecule has 3 rings (SSSR count). The number of aromatic nitrogens is 2. The van der Waals surface area contributed by atoms with Gasteiger partial charge in [-0.3, -0.25) is 0 Å². The van der Waals surface area contributed by atoms with Gasteiger partial charge in [0.2, 0.25) is 0 Å². The van der Waals surface area contributed by atoms with E-state index in [-0.39, 0.29) is 17.4 Å². The molecule has 1 aliphatic rings. The third kappa shape index (κ3) is 2.78. The van der Waals surface area contributed by atoms with Gasteiger partial charge in [-0.05, 0) is 25.0 Å². The summed E-state index contributed by atoms with van der Waals surface area (Å²) in [5.74, 6) is -0.0537. The minimum atomic E-state index is -2.97. The molecule has 0 N–H and O–H groups in total. The van der Waals surface area contributed by atoms with Gasteiger partial charge in [0.1, 0.15) is 5.65 Å². The summed E-state index contributed by atoms with van der Waals surface area (Å²) >= 11 is 0. The minimum Gasteiger partial charge on any atom is -0.465 e. The number of hydrogen-bond acceptors (Lipinski definition) is 5. The van der Waals surface area contributed by atoms with Crippen LogP contribution in [0.1, 0.15) is 34.8 Å². The number of carbonyl (C=O) groups excluding carboxylic acids is 1.